The first kappa shape index (κ1) is 17.6. The Kier molecular flexibility index (Phi) is 7.01. The van der Waals surface area contributed by atoms with Gasteiger partial charge in [-0.05, 0) is 12.1 Å². The molecule has 7 nitrogen and oxygen atoms in total. The molecule has 1 unspecified atom stereocenters. The molecule has 1 rings (SSSR count). The van der Waals surface area contributed by atoms with Crippen molar-refractivity contribution >= 4 is 17.8 Å². The fraction of sp³-hybridized carbons (Fsp3) is 0.467. The molecule has 0 aromatic carbocycles. The quantitative estimate of drug-likeness (QED) is 0.740. The maximum absolute atomic E-state index is 12.5. The maximum atomic E-state index is 12.5. The van der Waals surface area contributed by atoms with Crippen molar-refractivity contribution in [2.75, 3.05) is 26.7 Å². The highest BCUT2D eigenvalue weighted by atomic mass is 16.5. The van der Waals surface area contributed by atoms with Crippen LogP contribution in [0.2, 0.25) is 0 Å². The Labute approximate surface area is 129 Å². The van der Waals surface area contributed by atoms with Gasteiger partial charge in [0.1, 0.15) is 0 Å². The number of pyridine rings is 1. The number of nitrogens with one attached hydrogen (secondary N) is 1. The molecule has 0 radical (unpaired) electrons. The summed E-state index contributed by atoms with van der Waals surface area (Å²) in [6, 6.07) is 3.22. The van der Waals surface area contributed by atoms with Gasteiger partial charge in [0.2, 0.25) is 5.91 Å². The number of aromatic nitrogens is 1. The minimum absolute atomic E-state index is 0.169. The number of amides is 2. The topological polar surface area (TPSA) is 88.6 Å². The minimum atomic E-state index is -0.451. The van der Waals surface area contributed by atoms with Crippen molar-refractivity contribution in [2.45, 2.75) is 13.8 Å². The third-order valence-corrected chi connectivity index (χ3v) is 3.07. The summed E-state index contributed by atoms with van der Waals surface area (Å²) in [4.78, 5) is 40.4. The van der Waals surface area contributed by atoms with Gasteiger partial charge in [-0.3, -0.25) is 19.4 Å². The Morgan fingerprint density at radius 2 is 1.95 bits per heavy atom. The first-order valence-electron chi connectivity index (χ1n) is 6.97. The summed E-state index contributed by atoms with van der Waals surface area (Å²) >= 11 is 0. The van der Waals surface area contributed by atoms with Crippen LogP contribution in [0.1, 0.15) is 24.2 Å². The van der Waals surface area contributed by atoms with Gasteiger partial charge in [-0.2, -0.15) is 0 Å². The maximum Gasteiger partial charge on any atom is 0.310 e. The second-order valence-electron chi connectivity index (χ2n) is 4.89. The van der Waals surface area contributed by atoms with Crippen LogP contribution in [0.5, 0.6) is 0 Å². The molecule has 1 N–H and O–H groups in total. The van der Waals surface area contributed by atoms with E-state index in [9.17, 15) is 14.4 Å². The van der Waals surface area contributed by atoms with Gasteiger partial charge in [0.05, 0.1) is 13.0 Å². The smallest absolute Gasteiger partial charge is 0.310 e. The van der Waals surface area contributed by atoms with Gasteiger partial charge in [-0.25, -0.2) is 0 Å². The number of hydrogen-bond acceptors (Lipinski definition) is 5. The average Bonchev–Trinajstić information content (AvgIpc) is 2.52. The van der Waals surface area contributed by atoms with Crippen molar-refractivity contribution in [2.24, 2.45) is 5.92 Å². The van der Waals surface area contributed by atoms with Crippen LogP contribution in [-0.4, -0.2) is 54.4 Å². The lowest BCUT2D eigenvalue weighted by Gasteiger charge is -2.25. The molecular weight excluding hydrogens is 286 g/mol. The third kappa shape index (κ3) is 5.51. The first-order chi connectivity index (χ1) is 10.5. The van der Waals surface area contributed by atoms with Crippen LogP contribution in [0.25, 0.3) is 0 Å². The van der Waals surface area contributed by atoms with E-state index in [-0.39, 0.29) is 24.3 Å². The zero-order valence-corrected chi connectivity index (χ0v) is 13.0. The molecule has 1 aromatic rings. The zero-order chi connectivity index (χ0) is 16.5. The van der Waals surface area contributed by atoms with Gasteiger partial charge in [-0.15, -0.1) is 0 Å². The van der Waals surface area contributed by atoms with Crippen LogP contribution in [0.15, 0.2) is 24.5 Å². The third-order valence-electron chi connectivity index (χ3n) is 3.07. The molecule has 0 saturated carbocycles. The van der Waals surface area contributed by atoms with E-state index >= 15 is 0 Å². The molecule has 2 amide bonds. The summed E-state index contributed by atoms with van der Waals surface area (Å²) < 4.78 is 4.68. The summed E-state index contributed by atoms with van der Waals surface area (Å²) in [7, 11) is 1.31. The molecule has 0 bridgehead atoms. The average molecular weight is 307 g/mol. The van der Waals surface area contributed by atoms with E-state index < -0.39 is 5.92 Å². The van der Waals surface area contributed by atoms with Gasteiger partial charge >= 0.3 is 5.97 Å². The summed E-state index contributed by atoms with van der Waals surface area (Å²) in [5.41, 5.74) is 0.481. The van der Waals surface area contributed by atoms with Crippen molar-refractivity contribution in [3.63, 3.8) is 0 Å². The minimum Gasteiger partial charge on any atom is -0.469 e. The summed E-state index contributed by atoms with van der Waals surface area (Å²) in [5.74, 6) is -1.22. The highest BCUT2D eigenvalue weighted by molar-refractivity contribution is 5.94. The molecule has 0 aliphatic carbocycles. The Morgan fingerprint density at radius 3 is 2.50 bits per heavy atom. The van der Waals surface area contributed by atoms with Crippen LogP contribution >= 0.6 is 0 Å². The molecule has 0 aliphatic heterocycles. The number of hydrogen-bond donors (Lipinski definition) is 1. The molecular formula is C15H21N3O4. The number of ether oxygens (including phenoxy) is 1. The van der Waals surface area contributed by atoms with Crippen molar-refractivity contribution in [1.29, 1.82) is 0 Å². The molecule has 120 valence electrons. The number of methoxy groups -OCH3 is 1. The predicted octanol–water partition coefficient (Wildman–Crippen LogP) is 0.469. The Morgan fingerprint density at radius 1 is 1.32 bits per heavy atom. The van der Waals surface area contributed by atoms with Gasteiger partial charge in [0.15, 0.2) is 0 Å². The van der Waals surface area contributed by atoms with Crippen molar-refractivity contribution in [3.8, 4) is 0 Å². The van der Waals surface area contributed by atoms with E-state index in [1.807, 2.05) is 0 Å². The highest BCUT2D eigenvalue weighted by Crippen LogP contribution is 2.08. The monoisotopic (exact) mass is 307 g/mol. The van der Waals surface area contributed by atoms with E-state index in [0.29, 0.717) is 18.7 Å². The summed E-state index contributed by atoms with van der Waals surface area (Å²) in [5, 5.41) is 2.64. The number of esters is 1. The fourth-order valence-electron chi connectivity index (χ4n) is 1.93. The lowest BCUT2D eigenvalue weighted by molar-refractivity contribution is -0.145. The zero-order valence-electron chi connectivity index (χ0n) is 13.0. The lowest BCUT2D eigenvalue weighted by atomic mass is 10.1. The Balaban J connectivity index is 2.78. The lowest BCUT2D eigenvalue weighted by Crippen LogP contribution is -2.41. The van der Waals surface area contributed by atoms with Crippen molar-refractivity contribution < 1.29 is 19.1 Å². The standard InChI is InChI=1S/C15H21N3O4/c1-11(15(21)22-3)10-18(9-8-17-12(2)19)14(20)13-4-6-16-7-5-13/h4-7,11H,8-10H2,1-3H3,(H,17,19). The molecule has 7 heteroatoms. The molecule has 0 spiro atoms. The molecule has 1 atom stereocenters. The molecule has 0 fully saturated rings. The second-order valence-corrected chi connectivity index (χ2v) is 4.89. The van der Waals surface area contributed by atoms with Gasteiger partial charge in [-0.1, -0.05) is 6.92 Å². The number of nitrogens with zero attached hydrogens (tertiary/aromatic N) is 2. The van der Waals surface area contributed by atoms with Crippen molar-refractivity contribution in [3.05, 3.63) is 30.1 Å². The van der Waals surface area contributed by atoms with Crippen LogP contribution in [0.4, 0.5) is 0 Å². The number of carbonyl (C=O) groups is 3. The largest absolute Gasteiger partial charge is 0.469 e. The molecule has 1 heterocycles. The normalized spacial score (nSPS) is 11.4. The Bertz CT molecular complexity index is 519. The molecule has 0 aliphatic rings. The molecule has 22 heavy (non-hydrogen) atoms. The Hall–Kier alpha value is -2.44. The fourth-order valence-corrected chi connectivity index (χ4v) is 1.93. The van der Waals surface area contributed by atoms with Gasteiger partial charge in [0, 0.05) is 44.5 Å². The van der Waals surface area contributed by atoms with Crippen LogP contribution < -0.4 is 5.32 Å². The van der Waals surface area contributed by atoms with Gasteiger partial charge in [0.25, 0.3) is 5.91 Å². The molecule has 0 saturated heterocycles. The number of rotatable bonds is 7. The van der Waals surface area contributed by atoms with Crippen LogP contribution in [0.3, 0.4) is 0 Å². The van der Waals surface area contributed by atoms with E-state index in [1.54, 1.807) is 19.1 Å². The second kappa shape index (κ2) is 8.76. The first-order valence-corrected chi connectivity index (χ1v) is 6.97. The SMILES string of the molecule is COC(=O)C(C)CN(CCNC(C)=O)C(=O)c1ccncc1. The highest BCUT2D eigenvalue weighted by Gasteiger charge is 2.22. The van der Waals surface area contributed by atoms with E-state index in [4.69, 9.17) is 0 Å². The van der Waals surface area contributed by atoms with Crippen LogP contribution in [0, 0.1) is 5.92 Å². The van der Waals surface area contributed by atoms with Crippen LogP contribution in [-0.2, 0) is 14.3 Å². The van der Waals surface area contributed by atoms with Crippen molar-refractivity contribution in [1.82, 2.24) is 15.2 Å². The van der Waals surface area contributed by atoms with Gasteiger partial charge < -0.3 is 15.0 Å². The van der Waals surface area contributed by atoms with E-state index in [0.717, 1.165) is 0 Å². The van der Waals surface area contributed by atoms with E-state index in [2.05, 4.69) is 15.0 Å². The van der Waals surface area contributed by atoms with E-state index in [1.165, 1.54) is 31.3 Å². The number of carbonyl (C=O) groups excluding carboxylic acids is 3. The summed E-state index contributed by atoms with van der Waals surface area (Å²) in [6.07, 6.45) is 3.06. The predicted molar refractivity (Wildman–Crippen MR) is 80.0 cm³/mol. The summed E-state index contributed by atoms with van der Waals surface area (Å²) in [6.45, 7) is 3.94. The molecule has 1 aromatic heterocycles.